The fourth-order valence-electron chi connectivity index (χ4n) is 3.41. The van der Waals surface area contributed by atoms with Crippen molar-refractivity contribution in [2.75, 3.05) is 0 Å². The quantitative estimate of drug-likeness (QED) is 0.916. The number of nitrogens with zero attached hydrogens (tertiary/aromatic N) is 4. The molecule has 1 atom stereocenters. The first-order chi connectivity index (χ1) is 12.1. The molecule has 0 aromatic carbocycles. The molecule has 1 aliphatic carbocycles. The zero-order chi connectivity index (χ0) is 17.1. The van der Waals surface area contributed by atoms with Crippen molar-refractivity contribution in [3.05, 3.63) is 65.5 Å². The smallest absolute Gasteiger partial charge is 0.153 e. The zero-order valence-corrected chi connectivity index (χ0v) is 13.7. The molecule has 0 radical (unpaired) electrons. The average Bonchev–Trinajstić information content (AvgIpc) is 3.35. The summed E-state index contributed by atoms with van der Waals surface area (Å²) in [5.41, 5.74) is 4.83. The number of aliphatic hydroxyl groups excluding tert-OH is 1. The van der Waals surface area contributed by atoms with Crippen LogP contribution >= 0.6 is 0 Å². The Morgan fingerprint density at radius 1 is 1.24 bits per heavy atom. The first kappa shape index (κ1) is 14.6. The molecule has 1 unspecified atom stereocenters. The molecule has 0 spiro atoms. The van der Waals surface area contributed by atoms with E-state index in [9.17, 15) is 9.50 Å². The molecule has 4 heterocycles. The summed E-state index contributed by atoms with van der Waals surface area (Å²) >= 11 is 0. The SMILES string of the molecule is Cc1cn2cc(C3=CC(O)N4C=C(F)C=CC4=N3)cc(C3CC3)c2n1. The third-order valence-electron chi connectivity index (χ3n) is 4.76. The molecule has 25 heavy (non-hydrogen) atoms. The lowest BCUT2D eigenvalue weighted by Gasteiger charge is -2.30. The van der Waals surface area contributed by atoms with Gasteiger partial charge in [-0.15, -0.1) is 0 Å². The average molecular weight is 336 g/mol. The molecule has 2 aliphatic heterocycles. The van der Waals surface area contributed by atoms with E-state index < -0.39 is 12.1 Å². The van der Waals surface area contributed by atoms with Crippen LogP contribution in [0.1, 0.15) is 35.6 Å². The van der Waals surface area contributed by atoms with Crippen LogP contribution in [0.25, 0.3) is 11.3 Å². The fraction of sp³-hybridized carbons (Fsp3) is 0.263. The van der Waals surface area contributed by atoms with Crippen LogP contribution in [0.3, 0.4) is 0 Å². The molecule has 5 nitrogen and oxygen atoms in total. The van der Waals surface area contributed by atoms with E-state index >= 15 is 0 Å². The first-order valence-corrected chi connectivity index (χ1v) is 8.40. The van der Waals surface area contributed by atoms with Crippen molar-refractivity contribution in [1.82, 2.24) is 14.3 Å². The molecule has 126 valence electrons. The van der Waals surface area contributed by atoms with Gasteiger partial charge in [-0.2, -0.15) is 0 Å². The number of aliphatic hydroxyl groups is 1. The van der Waals surface area contributed by atoms with E-state index in [1.54, 1.807) is 12.2 Å². The highest BCUT2D eigenvalue weighted by Gasteiger charge is 2.29. The van der Waals surface area contributed by atoms with Gasteiger partial charge in [0.15, 0.2) is 6.23 Å². The van der Waals surface area contributed by atoms with Gasteiger partial charge in [0.1, 0.15) is 17.3 Å². The van der Waals surface area contributed by atoms with E-state index in [2.05, 4.69) is 16.0 Å². The Morgan fingerprint density at radius 2 is 2.08 bits per heavy atom. The van der Waals surface area contributed by atoms with Gasteiger partial charge in [0.2, 0.25) is 0 Å². The summed E-state index contributed by atoms with van der Waals surface area (Å²) < 4.78 is 15.4. The predicted molar refractivity (Wildman–Crippen MR) is 93.5 cm³/mol. The van der Waals surface area contributed by atoms with E-state index in [1.807, 2.05) is 23.7 Å². The molecule has 1 fully saturated rings. The molecule has 0 saturated heterocycles. The van der Waals surface area contributed by atoms with E-state index in [0.717, 1.165) is 16.9 Å². The minimum absolute atomic E-state index is 0.402. The Kier molecular flexibility index (Phi) is 3.00. The van der Waals surface area contributed by atoms with E-state index in [4.69, 9.17) is 0 Å². The standard InChI is InChI=1S/C19H17FN4O/c1-11-8-23-9-13(6-15(12-2-3-12)19(23)21-11)16-7-18(25)24-10-14(20)4-5-17(24)22-16/h4-10,12,18,25H,2-3H2,1H3. The van der Waals surface area contributed by atoms with Gasteiger partial charge < -0.3 is 14.4 Å². The molecule has 6 heteroatoms. The maximum Gasteiger partial charge on any atom is 0.153 e. The lowest BCUT2D eigenvalue weighted by molar-refractivity contribution is 0.125. The topological polar surface area (TPSA) is 53.1 Å². The van der Waals surface area contributed by atoms with Crippen LogP contribution in [-0.4, -0.2) is 31.5 Å². The van der Waals surface area contributed by atoms with Crippen molar-refractivity contribution in [3.63, 3.8) is 0 Å². The molecule has 1 N–H and O–H groups in total. The van der Waals surface area contributed by atoms with Crippen molar-refractivity contribution in [2.45, 2.75) is 31.9 Å². The minimum Gasteiger partial charge on any atom is -0.369 e. The lowest BCUT2D eigenvalue weighted by Crippen LogP contribution is -2.37. The maximum atomic E-state index is 13.4. The van der Waals surface area contributed by atoms with Gasteiger partial charge in [0, 0.05) is 24.2 Å². The van der Waals surface area contributed by atoms with Gasteiger partial charge in [-0.1, -0.05) is 0 Å². The summed E-state index contributed by atoms with van der Waals surface area (Å²) in [7, 11) is 0. The number of aliphatic imine (C=N–C) groups is 1. The monoisotopic (exact) mass is 336 g/mol. The summed E-state index contributed by atoms with van der Waals surface area (Å²) in [6, 6.07) is 2.13. The number of fused-ring (bicyclic) bond motifs is 2. The van der Waals surface area contributed by atoms with Crippen LogP contribution in [0, 0.1) is 6.92 Å². The highest BCUT2D eigenvalue weighted by Crippen LogP contribution is 2.43. The Labute approximate surface area is 144 Å². The molecule has 5 rings (SSSR count). The van der Waals surface area contributed by atoms with Crippen LogP contribution < -0.4 is 0 Å². The van der Waals surface area contributed by atoms with Crippen LogP contribution in [0.5, 0.6) is 0 Å². The van der Waals surface area contributed by atoms with Gasteiger partial charge in [-0.3, -0.25) is 0 Å². The third-order valence-corrected chi connectivity index (χ3v) is 4.76. The number of pyridine rings is 1. The van der Waals surface area contributed by atoms with E-state index in [0.29, 0.717) is 17.5 Å². The summed E-state index contributed by atoms with van der Waals surface area (Å²) in [5.74, 6) is 0.677. The highest BCUT2D eigenvalue weighted by molar-refractivity contribution is 6.00. The van der Waals surface area contributed by atoms with Crippen LogP contribution in [0.15, 0.2) is 53.7 Å². The molecular formula is C19H17FN4O. The second kappa shape index (κ2) is 5.13. The van der Waals surface area contributed by atoms with Gasteiger partial charge in [0.25, 0.3) is 0 Å². The van der Waals surface area contributed by atoms with Crippen LogP contribution in [0.4, 0.5) is 4.39 Å². The Morgan fingerprint density at radius 3 is 2.88 bits per heavy atom. The molecule has 3 aliphatic rings. The number of hydrogen-bond donors (Lipinski definition) is 1. The fourth-order valence-corrected chi connectivity index (χ4v) is 3.41. The second-order valence-corrected chi connectivity index (χ2v) is 6.76. The van der Waals surface area contributed by atoms with Crippen molar-refractivity contribution in [1.29, 1.82) is 0 Å². The summed E-state index contributed by atoms with van der Waals surface area (Å²) in [6.07, 6.45) is 11.2. The number of allylic oxidation sites excluding steroid dienone is 2. The minimum atomic E-state index is -0.942. The Bertz CT molecular complexity index is 1010. The van der Waals surface area contributed by atoms with Crippen molar-refractivity contribution in [3.8, 4) is 0 Å². The number of aryl methyl sites for hydroxylation is 1. The first-order valence-electron chi connectivity index (χ1n) is 8.40. The predicted octanol–water partition coefficient (Wildman–Crippen LogP) is 3.27. The van der Waals surface area contributed by atoms with Crippen molar-refractivity contribution >= 4 is 17.2 Å². The Hall–Kier alpha value is -2.73. The van der Waals surface area contributed by atoms with E-state index in [1.165, 1.54) is 35.6 Å². The van der Waals surface area contributed by atoms with Gasteiger partial charge in [-0.25, -0.2) is 14.4 Å². The number of rotatable bonds is 2. The Balaban J connectivity index is 1.63. The molecule has 0 amide bonds. The summed E-state index contributed by atoms with van der Waals surface area (Å²) in [4.78, 5) is 10.7. The number of amidine groups is 1. The second-order valence-electron chi connectivity index (χ2n) is 6.76. The maximum absolute atomic E-state index is 13.4. The summed E-state index contributed by atoms with van der Waals surface area (Å²) in [6.45, 7) is 1.98. The largest absolute Gasteiger partial charge is 0.369 e. The van der Waals surface area contributed by atoms with Crippen molar-refractivity contribution in [2.24, 2.45) is 4.99 Å². The highest BCUT2D eigenvalue weighted by atomic mass is 19.1. The molecular weight excluding hydrogens is 319 g/mol. The van der Waals surface area contributed by atoms with Crippen LogP contribution in [-0.2, 0) is 0 Å². The molecule has 1 saturated carbocycles. The van der Waals surface area contributed by atoms with Crippen molar-refractivity contribution < 1.29 is 9.50 Å². The number of hydrogen-bond acceptors (Lipinski definition) is 4. The van der Waals surface area contributed by atoms with Gasteiger partial charge in [0.05, 0.1) is 11.4 Å². The summed E-state index contributed by atoms with van der Waals surface area (Å²) in [5, 5.41) is 10.4. The number of imidazole rings is 1. The number of aromatic nitrogens is 2. The normalized spacial score (nSPS) is 22.6. The van der Waals surface area contributed by atoms with E-state index in [-0.39, 0.29) is 0 Å². The number of halogens is 1. The van der Waals surface area contributed by atoms with Crippen LogP contribution in [0.2, 0.25) is 0 Å². The lowest BCUT2D eigenvalue weighted by atomic mass is 10.1. The molecule has 2 aromatic rings. The third kappa shape index (κ3) is 2.41. The zero-order valence-electron chi connectivity index (χ0n) is 13.7. The molecule has 2 aromatic heterocycles. The molecule has 0 bridgehead atoms. The van der Waals surface area contributed by atoms with Gasteiger partial charge >= 0.3 is 0 Å². The van der Waals surface area contributed by atoms with Gasteiger partial charge in [-0.05, 0) is 55.5 Å².